The van der Waals surface area contributed by atoms with Crippen LogP contribution in [0.15, 0.2) is 0 Å². The van der Waals surface area contributed by atoms with Crippen molar-refractivity contribution in [2.75, 3.05) is 0 Å². The molecule has 0 heterocycles. The highest BCUT2D eigenvalue weighted by Crippen LogP contribution is 2.43. The highest BCUT2D eigenvalue weighted by molar-refractivity contribution is 6.23. The van der Waals surface area contributed by atoms with E-state index in [1.165, 1.54) is 0 Å². The topological polar surface area (TPSA) is 17.1 Å². The predicted molar refractivity (Wildman–Crippen MR) is 35.5 cm³/mol. The molecule has 0 aromatic rings. The average molecular weight is 145 g/mol. The lowest BCUT2D eigenvalue weighted by atomic mass is 10.0. The van der Waals surface area contributed by atoms with E-state index in [0.717, 1.165) is 19.3 Å². The highest BCUT2D eigenvalue weighted by atomic mass is 35.5. The molecule has 2 aliphatic rings. The first-order chi connectivity index (χ1) is 4.29. The van der Waals surface area contributed by atoms with Crippen LogP contribution >= 0.6 is 11.6 Å². The highest BCUT2D eigenvalue weighted by Gasteiger charge is 2.46. The van der Waals surface area contributed by atoms with Gasteiger partial charge in [-0.05, 0) is 19.3 Å². The van der Waals surface area contributed by atoms with Gasteiger partial charge in [0.2, 0.25) is 0 Å². The molecule has 0 aromatic carbocycles. The van der Waals surface area contributed by atoms with Gasteiger partial charge in [-0.15, -0.1) is 11.6 Å². The van der Waals surface area contributed by atoms with E-state index in [9.17, 15) is 4.79 Å². The lowest BCUT2D eigenvalue weighted by Crippen LogP contribution is -2.10. The van der Waals surface area contributed by atoms with Crippen LogP contribution in [0.25, 0.3) is 0 Å². The van der Waals surface area contributed by atoms with Crippen molar-refractivity contribution in [2.24, 2.45) is 11.8 Å². The fourth-order valence-electron chi connectivity index (χ4n) is 2.00. The molecule has 0 unspecified atom stereocenters. The zero-order valence-corrected chi connectivity index (χ0v) is 5.90. The second-order valence-electron chi connectivity index (χ2n) is 3.03. The Bertz CT molecular complexity index is 155. The molecule has 0 saturated heterocycles. The second kappa shape index (κ2) is 1.72. The van der Waals surface area contributed by atoms with E-state index in [1.54, 1.807) is 0 Å². The smallest absolute Gasteiger partial charge is 0.140 e. The summed E-state index contributed by atoms with van der Waals surface area (Å²) in [7, 11) is 0. The number of carbonyl (C=O) groups excluding carboxylic acids is 1. The molecule has 2 bridgehead atoms. The average Bonchev–Trinajstić information content (AvgIpc) is 2.25. The third kappa shape index (κ3) is 0.644. The Balaban J connectivity index is 2.26. The van der Waals surface area contributed by atoms with Crippen LogP contribution in [0.3, 0.4) is 0 Å². The van der Waals surface area contributed by atoms with Crippen molar-refractivity contribution < 1.29 is 4.79 Å². The molecule has 50 valence electrons. The SMILES string of the molecule is O=C1[C@H]2CC[C@@H]1[C@@H](Cl)C2. The summed E-state index contributed by atoms with van der Waals surface area (Å²) in [5.74, 6) is 1.02. The quantitative estimate of drug-likeness (QED) is 0.472. The summed E-state index contributed by atoms with van der Waals surface area (Å²) in [6.45, 7) is 0. The van der Waals surface area contributed by atoms with Crippen molar-refractivity contribution in [1.82, 2.24) is 0 Å². The molecule has 0 aromatic heterocycles. The van der Waals surface area contributed by atoms with Gasteiger partial charge in [-0.3, -0.25) is 4.79 Å². The molecule has 0 spiro atoms. The van der Waals surface area contributed by atoms with E-state index in [4.69, 9.17) is 11.6 Å². The maximum Gasteiger partial charge on any atom is 0.140 e. The molecule has 9 heavy (non-hydrogen) atoms. The van der Waals surface area contributed by atoms with E-state index in [2.05, 4.69) is 0 Å². The fourth-order valence-corrected chi connectivity index (χ4v) is 2.46. The molecule has 1 nitrogen and oxygen atoms in total. The van der Waals surface area contributed by atoms with Crippen LogP contribution in [0, 0.1) is 11.8 Å². The Labute approximate surface area is 59.4 Å². The summed E-state index contributed by atoms with van der Waals surface area (Å²) < 4.78 is 0. The van der Waals surface area contributed by atoms with Crippen LogP contribution < -0.4 is 0 Å². The van der Waals surface area contributed by atoms with Crippen molar-refractivity contribution >= 4 is 17.4 Å². The van der Waals surface area contributed by atoms with Crippen LogP contribution in [0.5, 0.6) is 0 Å². The normalized spacial score (nSPS) is 48.6. The molecule has 2 heteroatoms. The van der Waals surface area contributed by atoms with Gasteiger partial charge in [-0.1, -0.05) is 0 Å². The van der Waals surface area contributed by atoms with Crippen LogP contribution in [-0.2, 0) is 4.79 Å². The van der Waals surface area contributed by atoms with Gasteiger partial charge in [-0.25, -0.2) is 0 Å². The Kier molecular flexibility index (Phi) is 1.10. The Morgan fingerprint density at radius 3 is 2.44 bits per heavy atom. The van der Waals surface area contributed by atoms with E-state index in [-0.39, 0.29) is 11.3 Å². The van der Waals surface area contributed by atoms with E-state index < -0.39 is 0 Å². The van der Waals surface area contributed by atoms with Gasteiger partial charge in [0.25, 0.3) is 0 Å². The van der Waals surface area contributed by atoms with Crippen molar-refractivity contribution in [3.8, 4) is 0 Å². The second-order valence-corrected chi connectivity index (χ2v) is 3.60. The number of ketones is 1. The van der Waals surface area contributed by atoms with Gasteiger partial charge in [-0.2, -0.15) is 0 Å². The van der Waals surface area contributed by atoms with Gasteiger partial charge in [0.15, 0.2) is 0 Å². The zero-order chi connectivity index (χ0) is 6.43. The third-order valence-corrected chi connectivity index (χ3v) is 3.02. The van der Waals surface area contributed by atoms with E-state index >= 15 is 0 Å². The lowest BCUT2D eigenvalue weighted by molar-refractivity contribution is -0.121. The number of halogens is 1. The summed E-state index contributed by atoms with van der Waals surface area (Å²) in [4.78, 5) is 11.1. The number of hydrogen-bond acceptors (Lipinski definition) is 1. The third-order valence-electron chi connectivity index (χ3n) is 2.54. The predicted octanol–water partition coefficient (Wildman–Crippen LogP) is 1.59. The molecule has 0 radical (unpaired) electrons. The van der Waals surface area contributed by atoms with Crippen molar-refractivity contribution in [3.63, 3.8) is 0 Å². The number of alkyl halides is 1. The first-order valence-electron chi connectivity index (χ1n) is 3.47. The van der Waals surface area contributed by atoms with Crippen LogP contribution in [0.4, 0.5) is 0 Å². The summed E-state index contributed by atoms with van der Waals surface area (Å²) in [6.07, 6.45) is 3.11. The van der Waals surface area contributed by atoms with Crippen molar-refractivity contribution in [1.29, 1.82) is 0 Å². The van der Waals surface area contributed by atoms with Gasteiger partial charge >= 0.3 is 0 Å². The fraction of sp³-hybridized carbons (Fsp3) is 0.857. The van der Waals surface area contributed by atoms with E-state index in [0.29, 0.717) is 11.7 Å². The Morgan fingerprint density at radius 1 is 1.44 bits per heavy atom. The number of hydrogen-bond donors (Lipinski definition) is 0. The molecule has 2 fully saturated rings. The number of carbonyl (C=O) groups is 1. The maximum absolute atomic E-state index is 11.1. The monoisotopic (exact) mass is 144 g/mol. The molecule has 2 aliphatic carbocycles. The Morgan fingerprint density at radius 2 is 2.22 bits per heavy atom. The minimum absolute atomic E-state index is 0.177. The van der Waals surface area contributed by atoms with Crippen LogP contribution in [-0.4, -0.2) is 11.2 Å². The number of fused-ring (bicyclic) bond motifs is 2. The largest absolute Gasteiger partial charge is 0.299 e. The molecule has 0 aliphatic heterocycles. The minimum Gasteiger partial charge on any atom is -0.299 e. The van der Waals surface area contributed by atoms with Crippen LogP contribution in [0.2, 0.25) is 0 Å². The summed E-state index contributed by atoms with van der Waals surface area (Å²) >= 11 is 5.88. The van der Waals surface area contributed by atoms with Crippen LogP contribution in [0.1, 0.15) is 19.3 Å². The van der Waals surface area contributed by atoms with Crippen molar-refractivity contribution in [3.05, 3.63) is 0 Å². The Hall–Kier alpha value is -0.0400. The summed E-state index contributed by atoms with van der Waals surface area (Å²) in [5.41, 5.74) is 0. The zero-order valence-electron chi connectivity index (χ0n) is 5.14. The lowest BCUT2D eigenvalue weighted by Gasteiger charge is -2.11. The minimum atomic E-state index is 0.177. The standard InChI is InChI=1S/C7H9ClO/c8-6-3-4-1-2-5(6)7(4)9/h4-6H,1-3H2/t4-,5+,6-/m0/s1. The van der Waals surface area contributed by atoms with Crippen molar-refractivity contribution in [2.45, 2.75) is 24.6 Å². The number of rotatable bonds is 0. The molecular weight excluding hydrogens is 136 g/mol. The molecule has 2 rings (SSSR count). The van der Waals surface area contributed by atoms with E-state index in [1.807, 2.05) is 0 Å². The maximum atomic E-state index is 11.1. The molecule has 0 N–H and O–H groups in total. The summed E-state index contributed by atoms with van der Waals surface area (Å²) in [6, 6.07) is 0. The molecule has 3 atom stereocenters. The molecule has 0 amide bonds. The first-order valence-corrected chi connectivity index (χ1v) is 3.90. The van der Waals surface area contributed by atoms with Gasteiger partial charge in [0.05, 0.1) is 0 Å². The summed E-state index contributed by atoms with van der Waals surface area (Å²) in [5, 5.41) is 0.177. The van der Waals surface area contributed by atoms with Gasteiger partial charge < -0.3 is 0 Å². The van der Waals surface area contributed by atoms with Gasteiger partial charge in [0, 0.05) is 17.2 Å². The van der Waals surface area contributed by atoms with Gasteiger partial charge in [0.1, 0.15) is 5.78 Å². The first kappa shape index (κ1) is 5.72. The molecule has 2 saturated carbocycles. The molecular formula is C7H9ClO. The number of Topliss-reactive ketones (excluding diaryl/α,β-unsaturated/α-hetero) is 1.